The van der Waals surface area contributed by atoms with E-state index in [1.807, 2.05) is 18.4 Å². The van der Waals surface area contributed by atoms with Crippen molar-refractivity contribution in [2.75, 3.05) is 18.2 Å². The van der Waals surface area contributed by atoms with Gasteiger partial charge in [-0.15, -0.1) is 10.2 Å². The zero-order valence-electron chi connectivity index (χ0n) is 13.3. The Labute approximate surface area is 144 Å². The van der Waals surface area contributed by atoms with Crippen LogP contribution in [0.25, 0.3) is 0 Å². The van der Waals surface area contributed by atoms with E-state index >= 15 is 0 Å². The van der Waals surface area contributed by atoms with Gasteiger partial charge >= 0.3 is 0 Å². The summed E-state index contributed by atoms with van der Waals surface area (Å²) in [4.78, 5) is 12.2. The first-order valence-corrected chi connectivity index (χ1v) is 8.63. The molecular weight excluding hydrogens is 336 g/mol. The van der Waals surface area contributed by atoms with Gasteiger partial charge in [-0.25, -0.2) is 0 Å². The standard InChI is InChI=1S/C15H19ClN4O2S/c1-4-13-18-19-15(20(13)5-2)23-9-14(21)17-11-8-10(16)6-7-12(11)22-3/h6-8H,4-5,9H2,1-3H3,(H,17,21). The van der Waals surface area contributed by atoms with Crippen molar-refractivity contribution in [1.82, 2.24) is 14.8 Å². The highest BCUT2D eigenvalue weighted by atomic mass is 35.5. The van der Waals surface area contributed by atoms with Gasteiger partial charge in [0.25, 0.3) is 0 Å². The molecule has 1 N–H and O–H groups in total. The van der Waals surface area contributed by atoms with Gasteiger partial charge in [0.1, 0.15) is 11.6 Å². The molecule has 2 aromatic rings. The molecule has 0 bridgehead atoms. The fourth-order valence-corrected chi connectivity index (χ4v) is 3.09. The quantitative estimate of drug-likeness (QED) is 0.773. The molecular formula is C15H19ClN4O2S. The lowest BCUT2D eigenvalue weighted by molar-refractivity contribution is -0.113. The number of carbonyl (C=O) groups is 1. The van der Waals surface area contributed by atoms with Crippen molar-refractivity contribution < 1.29 is 9.53 Å². The first-order valence-electron chi connectivity index (χ1n) is 7.27. The third-order valence-electron chi connectivity index (χ3n) is 3.19. The van der Waals surface area contributed by atoms with Crippen molar-refractivity contribution in [3.8, 4) is 5.75 Å². The number of nitrogens with zero attached hydrogens (tertiary/aromatic N) is 3. The number of aromatic nitrogens is 3. The second-order valence-corrected chi connectivity index (χ2v) is 6.06. The molecule has 1 aromatic heterocycles. The third-order valence-corrected chi connectivity index (χ3v) is 4.40. The van der Waals surface area contributed by atoms with Crippen LogP contribution in [-0.4, -0.2) is 33.5 Å². The number of halogens is 1. The van der Waals surface area contributed by atoms with Crippen molar-refractivity contribution in [3.05, 3.63) is 29.0 Å². The molecule has 6 nitrogen and oxygen atoms in total. The lowest BCUT2D eigenvalue weighted by atomic mass is 10.3. The van der Waals surface area contributed by atoms with Crippen LogP contribution < -0.4 is 10.1 Å². The Bertz CT molecular complexity index is 690. The van der Waals surface area contributed by atoms with E-state index in [4.69, 9.17) is 16.3 Å². The van der Waals surface area contributed by atoms with Gasteiger partial charge < -0.3 is 14.6 Å². The summed E-state index contributed by atoms with van der Waals surface area (Å²) in [5, 5.41) is 12.4. The molecule has 8 heteroatoms. The molecule has 0 fully saturated rings. The first kappa shape index (κ1) is 17.6. The smallest absolute Gasteiger partial charge is 0.234 e. The van der Waals surface area contributed by atoms with Gasteiger partial charge in [-0.05, 0) is 25.1 Å². The summed E-state index contributed by atoms with van der Waals surface area (Å²) >= 11 is 7.31. The van der Waals surface area contributed by atoms with E-state index in [9.17, 15) is 4.79 Å². The van der Waals surface area contributed by atoms with Crippen molar-refractivity contribution in [3.63, 3.8) is 0 Å². The molecule has 23 heavy (non-hydrogen) atoms. The summed E-state index contributed by atoms with van der Waals surface area (Å²) < 4.78 is 7.22. The monoisotopic (exact) mass is 354 g/mol. The second kappa shape index (κ2) is 8.21. The van der Waals surface area contributed by atoms with Crippen LogP contribution in [0, 0.1) is 0 Å². The highest BCUT2D eigenvalue weighted by Gasteiger charge is 2.13. The number of anilines is 1. The Kier molecular flexibility index (Phi) is 6.29. The van der Waals surface area contributed by atoms with Crippen LogP contribution in [0.5, 0.6) is 5.75 Å². The Morgan fingerprint density at radius 1 is 1.39 bits per heavy atom. The highest BCUT2D eigenvalue weighted by Crippen LogP contribution is 2.28. The minimum Gasteiger partial charge on any atom is -0.495 e. The fraction of sp³-hybridized carbons (Fsp3) is 0.400. The SMILES string of the molecule is CCc1nnc(SCC(=O)Nc2cc(Cl)ccc2OC)n1CC. The van der Waals surface area contributed by atoms with E-state index in [1.165, 1.54) is 11.8 Å². The van der Waals surface area contributed by atoms with Gasteiger partial charge in [0.15, 0.2) is 5.16 Å². The van der Waals surface area contributed by atoms with Gasteiger partial charge in [0, 0.05) is 18.0 Å². The molecule has 1 heterocycles. The zero-order valence-corrected chi connectivity index (χ0v) is 14.9. The Hall–Kier alpha value is -1.73. The average Bonchev–Trinajstić information content (AvgIpc) is 2.95. The number of hydrogen-bond donors (Lipinski definition) is 1. The van der Waals surface area contributed by atoms with Crippen molar-refractivity contribution in [1.29, 1.82) is 0 Å². The maximum absolute atomic E-state index is 12.2. The molecule has 0 aliphatic rings. The molecule has 1 amide bonds. The van der Waals surface area contributed by atoms with E-state index in [0.29, 0.717) is 16.5 Å². The van der Waals surface area contributed by atoms with E-state index in [2.05, 4.69) is 15.5 Å². The number of nitrogens with one attached hydrogen (secondary N) is 1. The number of rotatable bonds is 7. The molecule has 1 aromatic carbocycles. The van der Waals surface area contributed by atoms with E-state index in [1.54, 1.807) is 25.3 Å². The average molecular weight is 355 g/mol. The largest absolute Gasteiger partial charge is 0.495 e. The van der Waals surface area contributed by atoms with Crippen molar-refractivity contribution in [2.45, 2.75) is 32.0 Å². The lowest BCUT2D eigenvalue weighted by Gasteiger charge is -2.10. The Morgan fingerprint density at radius 2 is 2.17 bits per heavy atom. The number of hydrogen-bond acceptors (Lipinski definition) is 5. The van der Waals surface area contributed by atoms with Crippen LogP contribution >= 0.6 is 23.4 Å². The number of aryl methyl sites for hydroxylation is 1. The van der Waals surface area contributed by atoms with Gasteiger partial charge in [-0.2, -0.15) is 0 Å². The van der Waals surface area contributed by atoms with Crippen LogP contribution in [0.4, 0.5) is 5.69 Å². The molecule has 0 saturated carbocycles. The summed E-state index contributed by atoms with van der Waals surface area (Å²) in [5.74, 6) is 1.57. The maximum Gasteiger partial charge on any atom is 0.234 e. The van der Waals surface area contributed by atoms with Crippen molar-refractivity contribution in [2.24, 2.45) is 0 Å². The summed E-state index contributed by atoms with van der Waals surface area (Å²) in [6.07, 6.45) is 0.813. The van der Waals surface area contributed by atoms with Crippen LogP contribution in [0.1, 0.15) is 19.7 Å². The molecule has 2 rings (SSSR count). The van der Waals surface area contributed by atoms with Crippen LogP contribution in [0.15, 0.2) is 23.4 Å². The lowest BCUT2D eigenvalue weighted by Crippen LogP contribution is -2.15. The molecule has 0 radical (unpaired) electrons. The van der Waals surface area contributed by atoms with Crippen LogP contribution in [-0.2, 0) is 17.8 Å². The second-order valence-electron chi connectivity index (χ2n) is 4.68. The Balaban J connectivity index is 2.01. The summed E-state index contributed by atoms with van der Waals surface area (Å²) in [7, 11) is 1.55. The van der Waals surface area contributed by atoms with Crippen LogP contribution in [0.3, 0.4) is 0 Å². The topological polar surface area (TPSA) is 69.0 Å². The van der Waals surface area contributed by atoms with Gasteiger partial charge in [-0.3, -0.25) is 4.79 Å². The maximum atomic E-state index is 12.2. The molecule has 0 saturated heterocycles. The van der Waals surface area contributed by atoms with Crippen molar-refractivity contribution >= 4 is 35.0 Å². The molecule has 0 atom stereocenters. The fourth-order valence-electron chi connectivity index (χ4n) is 2.10. The molecule has 0 unspecified atom stereocenters. The predicted octanol–water partition coefficient (Wildman–Crippen LogP) is 3.25. The van der Waals surface area contributed by atoms with Gasteiger partial charge in [0.2, 0.25) is 5.91 Å². The minimum atomic E-state index is -0.153. The molecule has 0 aliphatic carbocycles. The minimum absolute atomic E-state index is 0.153. The number of amides is 1. The predicted molar refractivity (Wildman–Crippen MR) is 92.4 cm³/mol. The zero-order chi connectivity index (χ0) is 16.8. The van der Waals surface area contributed by atoms with E-state index in [-0.39, 0.29) is 11.7 Å². The molecule has 0 aliphatic heterocycles. The molecule has 124 valence electrons. The number of thioether (sulfide) groups is 1. The van der Waals surface area contributed by atoms with E-state index in [0.717, 1.165) is 23.9 Å². The Morgan fingerprint density at radius 3 is 2.83 bits per heavy atom. The number of carbonyl (C=O) groups excluding carboxylic acids is 1. The number of methoxy groups -OCH3 is 1. The van der Waals surface area contributed by atoms with Crippen LogP contribution in [0.2, 0.25) is 5.02 Å². The third kappa shape index (κ3) is 4.39. The van der Waals surface area contributed by atoms with E-state index < -0.39 is 0 Å². The summed E-state index contributed by atoms with van der Waals surface area (Å²) in [6, 6.07) is 5.08. The number of ether oxygens (including phenoxy) is 1. The molecule has 0 spiro atoms. The normalized spacial score (nSPS) is 10.6. The summed E-state index contributed by atoms with van der Waals surface area (Å²) in [6.45, 7) is 4.84. The number of benzene rings is 1. The van der Waals surface area contributed by atoms with Gasteiger partial charge in [0.05, 0.1) is 18.6 Å². The van der Waals surface area contributed by atoms with Gasteiger partial charge in [-0.1, -0.05) is 30.3 Å². The summed E-state index contributed by atoms with van der Waals surface area (Å²) in [5.41, 5.74) is 0.553. The highest BCUT2D eigenvalue weighted by molar-refractivity contribution is 7.99. The first-order chi connectivity index (χ1) is 11.1.